The molecule has 156 valence electrons. The lowest BCUT2D eigenvalue weighted by Gasteiger charge is -2.33. The van der Waals surface area contributed by atoms with Crippen molar-refractivity contribution in [3.63, 3.8) is 0 Å². The van der Waals surface area contributed by atoms with Crippen molar-refractivity contribution in [1.82, 2.24) is 4.90 Å². The highest BCUT2D eigenvalue weighted by Crippen LogP contribution is 2.33. The Hall–Kier alpha value is -2.55. The van der Waals surface area contributed by atoms with Gasteiger partial charge in [0.2, 0.25) is 0 Å². The van der Waals surface area contributed by atoms with E-state index in [1.165, 1.54) is 24.3 Å². The molecule has 1 heterocycles. The summed E-state index contributed by atoms with van der Waals surface area (Å²) in [4.78, 5) is 13.7. The molecule has 0 spiro atoms. The maximum Gasteiger partial charge on any atom is 0.393 e. The molecule has 1 atom stereocenters. The summed E-state index contributed by atoms with van der Waals surface area (Å²) in [5.41, 5.74) is 1.30. The van der Waals surface area contributed by atoms with E-state index in [0.29, 0.717) is 5.69 Å². The summed E-state index contributed by atoms with van der Waals surface area (Å²) in [7, 11) is -3.95. The highest BCUT2D eigenvalue weighted by Gasteiger charge is 2.42. The standard InChI is InChI=1S/C20H21F3N2O3S/c1-14-5-2-8-17(11-14)24-29(27,28)18-9-3-6-15(12-18)19(26)25-10-4-7-16(13-25)20(21,22)23/h2-3,5-6,8-9,11-12,16,24H,4,7,10,13H2,1H3/t16-/m0/s1. The Morgan fingerprint density at radius 2 is 1.86 bits per heavy atom. The van der Waals surface area contributed by atoms with Crippen LogP contribution in [-0.2, 0) is 10.0 Å². The minimum Gasteiger partial charge on any atom is -0.338 e. The highest BCUT2D eigenvalue weighted by atomic mass is 32.2. The SMILES string of the molecule is Cc1cccc(NS(=O)(=O)c2cccc(C(=O)N3CCC[C@H](C(F)(F)F)C3)c2)c1. The zero-order valence-electron chi connectivity index (χ0n) is 15.7. The van der Waals surface area contributed by atoms with Crippen LogP contribution in [0.4, 0.5) is 18.9 Å². The number of benzene rings is 2. The van der Waals surface area contributed by atoms with Crippen LogP contribution in [0.25, 0.3) is 0 Å². The number of anilines is 1. The zero-order valence-corrected chi connectivity index (χ0v) is 16.6. The molecule has 1 amide bonds. The van der Waals surface area contributed by atoms with Crippen molar-refractivity contribution >= 4 is 21.6 Å². The number of halogens is 3. The second kappa shape index (κ2) is 8.06. The average molecular weight is 426 g/mol. The van der Waals surface area contributed by atoms with E-state index in [9.17, 15) is 26.4 Å². The van der Waals surface area contributed by atoms with E-state index in [4.69, 9.17) is 0 Å². The molecule has 1 saturated heterocycles. The van der Waals surface area contributed by atoms with E-state index < -0.39 is 34.6 Å². The maximum atomic E-state index is 13.0. The fourth-order valence-electron chi connectivity index (χ4n) is 3.33. The van der Waals surface area contributed by atoms with E-state index in [-0.39, 0.29) is 29.8 Å². The Kier molecular flexibility index (Phi) is 5.88. The topological polar surface area (TPSA) is 66.5 Å². The van der Waals surface area contributed by atoms with Gasteiger partial charge in [-0.15, -0.1) is 0 Å². The van der Waals surface area contributed by atoms with Crippen molar-refractivity contribution < 1.29 is 26.4 Å². The van der Waals surface area contributed by atoms with Crippen LogP contribution in [0.2, 0.25) is 0 Å². The Balaban J connectivity index is 1.80. The first-order chi connectivity index (χ1) is 13.6. The fourth-order valence-corrected chi connectivity index (χ4v) is 4.43. The fraction of sp³-hybridized carbons (Fsp3) is 0.350. The van der Waals surface area contributed by atoms with Crippen LogP contribution in [0.5, 0.6) is 0 Å². The van der Waals surface area contributed by atoms with Gasteiger partial charge in [-0.3, -0.25) is 9.52 Å². The third-order valence-corrected chi connectivity index (χ3v) is 6.21. The van der Waals surface area contributed by atoms with Gasteiger partial charge in [-0.2, -0.15) is 13.2 Å². The first-order valence-electron chi connectivity index (χ1n) is 9.12. The lowest BCUT2D eigenvalue weighted by atomic mass is 9.97. The zero-order chi connectivity index (χ0) is 21.2. The minimum absolute atomic E-state index is 0.0118. The molecule has 1 aliphatic rings. The molecule has 0 aliphatic carbocycles. The molecule has 2 aromatic carbocycles. The normalized spacial score (nSPS) is 17.8. The number of piperidine rings is 1. The van der Waals surface area contributed by atoms with Crippen molar-refractivity contribution in [2.24, 2.45) is 5.92 Å². The van der Waals surface area contributed by atoms with Crippen LogP contribution in [0.1, 0.15) is 28.8 Å². The van der Waals surface area contributed by atoms with Gasteiger partial charge in [0.15, 0.2) is 0 Å². The molecule has 29 heavy (non-hydrogen) atoms. The average Bonchev–Trinajstić information content (AvgIpc) is 2.66. The van der Waals surface area contributed by atoms with Gasteiger partial charge in [0, 0.05) is 24.3 Å². The van der Waals surface area contributed by atoms with Gasteiger partial charge < -0.3 is 4.90 Å². The van der Waals surface area contributed by atoms with Crippen molar-refractivity contribution in [3.05, 3.63) is 59.7 Å². The van der Waals surface area contributed by atoms with Crippen LogP contribution in [0.3, 0.4) is 0 Å². The molecule has 1 aliphatic heterocycles. The maximum absolute atomic E-state index is 13.0. The lowest BCUT2D eigenvalue weighted by Crippen LogP contribution is -2.44. The summed E-state index contributed by atoms with van der Waals surface area (Å²) >= 11 is 0. The quantitative estimate of drug-likeness (QED) is 0.797. The minimum atomic E-state index is -4.36. The molecule has 0 unspecified atom stereocenters. The molecule has 0 aromatic heterocycles. The van der Waals surface area contributed by atoms with Crippen LogP contribution < -0.4 is 4.72 Å². The predicted octanol–water partition coefficient (Wildman–Crippen LogP) is 4.21. The van der Waals surface area contributed by atoms with Crippen molar-refractivity contribution in [2.45, 2.75) is 30.8 Å². The van der Waals surface area contributed by atoms with Crippen LogP contribution in [0.15, 0.2) is 53.4 Å². The molecule has 0 radical (unpaired) electrons. The number of carbonyl (C=O) groups is 1. The number of hydrogen-bond acceptors (Lipinski definition) is 3. The predicted molar refractivity (Wildman–Crippen MR) is 103 cm³/mol. The second-order valence-electron chi connectivity index (χ2n) is 7.13. The van der Waals surface area contributed by atoms with Gasteiger partial charge in [0.05, 0.1) is 10.8 Å². The summed E-state index contributed by atoms with van der Waals surface area (Å²) in [5.74, 6) is -2.17. The molecule has 3 rings (SSSR count). The molecule has 2 aromatic rings. The molecule has 1 N–H and O–H groups in total. The summed E-state index contributed by atoms with van der Waals surface area (Å²) in [5, 5.41) is 0. The van der Waals surface area contributed by atoms with Gasteiger partial charge >= 0.3 is 6.18 Å². The number of amides is 1. The van der Waals surface area contributed by atoms with E-state index in [2.05, 4.69) is 4.72 Å². The molecule has 9 heteroatoms. The van der Waals surface area contributed by atoms with Gasteiger partial charge in [-0.25, -0.2) is 8.42 Å². The Bertz CT molecular complexity index is 1010. The van der Waals surface area contributed by atoms with E-state index in [1.807, 2.05) is 13.0 Å². The molecule has 0 bridgehead atoms. The van der Waals surface area contributed by atoms with Crippen molar-refractivity contribution in [2.75, 3.05) is 17.8 Å². The largest absolute Gasteiger partial charge is 0.393 e. The van der Waals surface area contributed by atoms with Gasteiger partial charge in [-0.05, 0) is 55.7 Å². The number of likely N-dealkylation sites (tertiary alicyclic amines) is 1. The first-order valence-corrected chi connectivity index (χ1v) is 10.6. The van der Waals surface area contributed by atoms with Crippen LogP contribution in [0, 0.1) is 12.8 Å². The number of nitrogens with zero attached hydrogens (tertiary/aromatic N) is 1. The number of nitrogens with one attached hydrogen (secondary N) is 1. The lowest BCUT2D eigenvalue weighted by molar-refractivity contribution is -0.184. The van der Waals surface area contributed by atoms with Gasteiger partial charge in [-0.1, -0.05) is 18.2 Å². The number of carbonyl (C=O) groups excluding carboxylic acids is 1. The van der Waals surface area contributed by atoms with Gasteiger partial charge in [0.25, 0.3) is 15.9 Å². The van der Waals surface area contributed by atoms with Crippen molar-refractivity contribution in [3.8, 4) is 0 Å². The Morgan fingerprint density at radius 3 is 2.55 bits per heavy atom. The Labute approximate surface area is 167 Å². The first kappa shape index (κ1) is 21.2. The number of hydrogen-bond donors (Lipinski definition) is 1. The Morgan fingerprint density at radius 1 is 1.14 bits per heavy atom. The summed E-state index contributed by atoms with van der Waals surface area (Å²) in [6.45, 7) is 1.62. The monoisotopic (exact) mass is 426 g/mol. The van der Waals surface area contributed by atoms with E-state index in [1.54, 1.807) is 18.2 Å². The number of aryl methyl sites for hydroxylation is 1. The molecule has 5 nitrogen and oxygen atoms in total. The van der Waals surface area contributed by atoms with Crippen LogP contribution in [-0.4, -0.2) is 38.5 Å². The number of sulfonamides is 1. The summed E-state index contributed by atoms with van der Waals surface area (Å²) in [6, 6.07) is 12.1. The van der Waals surface area contributed by atoms with Gasteiger partial charge in [0.1, 0.15) is 0 Å². The van der Waals surface area contributed by atoms with Crippen LogP contribution >= 0.6 is 0 Å². The van der Waals surface area contributed by atoms with E-state index in [0.717, 1.165) is 10.5 Å². The molecule has 1 fully saturated rings. The smallest absolute Gasteiger partial charge is 0.338 e. The molecular weight excluding hydrogens is 405 g/mol. The number of rotatable bonds is 4. The van der Waals surface area contributed by atoms with E-state index >= 15 is 0 Å². The third kappa shape index (κ3) is 5.09. The summed E-state index contributed by atoms with van der Waals surface area (Å²) < 4.78 is 66.8. The highest BCUT2D eigenvalue weighted by molar-refractivity contribution is 7.92. The molecular formula is C20H21F3N2O3S. The summed E-state index contributed by atoms with van der Waals surface area (Å²) in [6.07, 6.45) is -4.12. The molecule has 0 saturated carbocycles. The van der Waals surface area contributed by atoms with Crippen molar-refractivity contribution in [1.29, 1.82) is 0 Å². The third-order valence-electron chi connectivity index (χ3n) is 4.83. The second-order valence-corrected chi connectivity index (χ2v) is 8.82. The number of alkyl halides is 3.